The van der Waals surface area contributed by atoms with Crippen LogP contribution in [0.1, 0.15) is 34.6 Å². The van der Waals surface area contributed by atoms with Gasteiger partial charge in [0.1, 0.15) is 11.4 Å². The van der Waals surface area contributed by atoms with Crippen molar-refractivity contribution >= 4 is 5.84 Å². The van der Waals surface area contributed by atoms with Crippen LogP contribution < -0.4 is 0 Å². The summed E-state index contributed by atoms with van der Waals surface area (Å²) in [4.78, 5) is 6.29. The van der Waals surface area contributed by atoms with Crippen LogP contribution in [0.4, 0.5) is 0 Å². The molecule has 0 radical (unpaired) electrons. The molecule has 0 saturated carbocycles. The van der Waals surface area contributed by atoms with Crippen molar-refractivity contribution in [2.45, 2.75) is 40.2 Å². The van der Waals surface area contributed by atoms with E-state index in [0.717, 1.165) is 11.3 Å². The first kappa shape index (κ1) is 20.1. The van der Waals surface area contributed by atoms with E-state index >= 15 is 0 Å². The summed E-state index contributed by atoms with van der Waals surface area (Å²) in [7, 11) is 1.70. The van der Waals surface area contributed by atoms with Gasteiger partial charge in [0.15, 0.2) is 0 Å². The third kappa shape index (κ3) is 6.72. The minimum Gasteiger partial charge on any atom is -0.383 e. The van der Waals surface area contributed by atoms with Crippen molar-refractivity contribution in [3.63, 3.8) is 0 Å². The summed E-state index contributed by atoms with van der Waals surface area (Å²) in [5.74, 6) is 0.639. The lowest BCUT2D eigenvalue weighted by molar-refractivity contribution is 0.140. The van der Waals surface area contributed by atoms with Crippen LogP contribution in [-0.4, -0.2) is 35.0 Å². The maximum atomic E-state index is 10.3. The molecule has 0 atom stereocenters. The second-order valence-corrected chi connectivity index (χ2v) is 5.44. The topological polar surface area (TPSA) is 35.8 Å². The van der Waals surface area contributed by atoms with Crippen molar-refractivity contribution in [1.82, 2.24) is 4.90 Å². The summed E-state index contributed by atoms with van der Waals surface area (Å²) in [5.41, 5.74) is 1.06. The second kappa shape index (κ2) is 9.96. The Bertz CT molecular complexity index is 500. The average molecular weight is 302 g/mol. The normalized spacial score (nSPS) is 15.0. The highest BCUT2D eigenvalue weighted by Gasteiger charge is 2.26. The number of aliphatic imine (C=N–C) groups is 1. The third-order valence-corrected chi connectivity index (χ3v) is 3.05. The summed E-state index contributed by atoms with van der Waals surface area (Å²) in [6.07, 6.45) is 13.8. The molecule has 0 aromatic heterocycles. The van der Waals surface area contributed by atoms with Crippen molar-refractivity contribution in [2.24, 2.45) is 4.99 Å². The van der Waals surface area contributed by atoms with Gasteiger partial charge in [0.2, 0.25) is 0 Å². The smallest absolute Gasteiger partial charge is 0.135 e. The monoisotopic (exact) mass is 302 g/mol. The maximum absolute atomic E-state index is 10.3. The molecule has 0 spiro atoms. The van der Waals surface area contributed by atoms with Gasteiger partial charge in [-0.25, -0.2) is 0 Å². The molecule has 0 aromatic carbocycles. The van der Waals surface area contributed by atoms with Gasteiger partial charge in [0.25, 0.3) is 0 Å². The first-order valence-electron chi connectivity index (χ1n) is 7.59. The zero-order valence-corrected chi connectivity index (χ0v) is 14.8. The van der Waals surface area contributed by atoms with Gasteiger partial charge in [-0.1, -0.05) is 42.5 Å². The highest BCUT2D eigenvalue weighted by atomic mass is 16.3. The van der Waals surface area contributed by atoms with Crippen molar-refractivity contribution in [3.05, 3.63) is 60.4 Å². The minimum atomic E-state index is -1.000. The molecule has 0 saturated heterocycles. The zero-order chi connectivity index (χ0) is 17.2. The molecule has 0 aromatic rings. The fourth-order valence-electron chi connectivity index (χ4n) is 1.98. The highest BCUT2D eigenvalue weighted by molar-refractivity contribution is 5.91. The zero-order valence-electron chi connectivity index (χ0n) is 14.8. The molecular formula is C19H30N2O. The van der Waals surface area contributed by atoms with Crippen LogP contribution in [0.25, 0.3) is 0 Å². The van der Waals surface area contributed by atoms with Crippen LogP contribution in [0.15, 0.2) is 65.4 Å². The summed E-state index contributed by atoms with van der Waals surface area (Å²) >= 11 is 0. The molecule has 0 aliphatic rings. The lowest BCUT2D eigenvalue weighted by Crippen LogP contribution is -2.44. The van der Waals surface area contributed by atoms with Crippen molar-refractivity contribution in [1.29, 1.82) is 0 Å². The Morgan fingerprint density at radius 3 is 2.32 bits per heavy atom. The molecule has 0 unspecified atom stereocenters. The molecule has 0 aliphatic heterocycles. The molecule has 122 valence electrons. The molecule has 0 heterocycles. The van der Waals surface area contributed by atoms with Crippen LogP contribution in [0, 0.1) is 0 Å². The predicted octanol–water partition coefficient (Wildman–Crippen LogP) is 4.26. The van der Waals surface area contributed by atoms with Gasteiger partial charge in [0.05, 0.1) is 0 Å². The van der Waals surface area contributed by atoms with Crippen molar-refractivity contribution in [3.8, 4) is 0 Å². The van der Waals surface area contributed by atoms with Crippen LogP contribution >= 0.6 is 0 Å². The van der Waals surface area contributed by atoms with Gasteiger partial charge < -0.3 is 10.0 Å². The number of hydrogen-bond donors (Lipinski definition) is 1. The molecule has 0 rings (SSSR count). The standard InChI is InChI=1S/C19H30N2O/c1-8-11-14-17(15-12-13-16(4)9-2)21(10-3)18(20-7)19(5,6)22/h8-9,11-15,22H,2,10H2,1,3-7H3/b11-8-,15-12-,16-13+,17-14-,20-18?. The van der Waals surface area contributed by atoms with E-state index < -0.39 is 5.60 Å². The summed E-state index contributed by atoms with van der Waals surface area (Å²) in [6.45, 7) is 14.0. The number of allylic oxidation sites excluding steroid dienone is 8. The van der Waals surface area contributed by atoms with E-state index in [0.29, 0.717) is 12.4 Å². The Hall–Kier alpha value is -1.87. The minimum absolute atomic E-state index is 0.639. The Labute approximate surface area is 135 Å². The predicted molar refractivity (Wildman–Crippen MR) is 98.0 cm³/mol. The molecule has 0 fully saturated rings. The average Bonchev–Trinajstić information content (AvgIpc) is 2.46. The fourth-order valence-corrected chi connectivity index (χ4v) is 1.98. The van der Waals surface area contributed by atoms with Crippen molar-refractivity contribution < 1.29 is 5.11 Å². The Morgan fingerprint density at radius 2 is 1.91 bits per heavy atom. The van der Waals surface area contributed by atoms with Crippen LogP contribution in [0.5, 0.6) is 0 Å². The van der Waals surface area contributed by atoms with E-state index in [1.807, 2.05) is 68.2 Å². The van der Waals surface area contributed by atoms with Gasteiger partial charge in [-0.05, 0) is 46.8 Å². The first-order valence-corrected chi connectivity index (χ1v) is 7.59. The largest absolute Gasteiger partial charge is 0.383 e. The summed E-state index contributed by atoms with van der Waals surface area (Å²) < 4.78 is 0. The molecule has 22 heavy (non-hydrogen) atoms. The molecule has 0 aliphatic carbocycles. The number of amidine groups is 1. The van der Waals surface area contributed by atoms with E-state index in [4.69, 9.17) is 0 Å². The SMILES string of the molecule is C=C/C(C)=C/C=C\C(=C\C=C/C)N(CC)C(=NC)C(C)(C)O. The number of nitrogens with zero attached hydrogens (tertiary/aromatic N) is 2. The number of rotatable bonds is 7. The Balaban J connectivity index is 5.71. The molecular weight excluding hydrogens is 272 g/mol. The summed E-state index contributed by atoms with van der Waals surface area (Å²) in [5, 5.41) is 10.3. The fraction of sp³-hybridized carbons (Fsp3) is 0.421. The van der Waals surface area contributed by atoms with Gasteiger partial charge in [-0.3, -0.25) is 4.99 Å². The van der Waals surface area contributed by atoms with Crippen LogP contribution in [0.3, 0.4) is 0 Å². The van der Waals surface area contributed by atoms with Gasteiger partial charge in [0, 0.05) is 19.3 Å². The van der Waals surface area contributed by atoms with Crippen LogP contribution in [0.2, 0.25) is 0 Å². The number of aliphatic hydroxyl groups is 1. The molecule has 0 amide bonds. The maximum Gasteiger partial charge on any atom is 0.135 e. The van der Waals surface area contributed by atoms with E-state index in [-0.39, 0.29) is 0 Å². The third-order valence-electron chi connectivity index (χ3n) is 3.05. The molecule has 0 bridgehead atoms. The van der Waals surface area contributed by atoms with Crippen LogP contribution in [-0.2, 0) is 0 Å². The highest BCUT2D eigenvalue weighted by Crippen LogP contribution is 2.16. The van der Waals surface area contributed by atoms with Gasteiger partial charge in [-0.15, -0.1) is 0 Å². The molecule has 3 heteroatoms. The Morgan fingerprint density at radius 1 is 1.27 bits per heavy atom. The molecule has 1 N–H and O–H groups in total. The van der Waals surface area contributed by atoms with Gasteiger partial charge >= 0.3 is 0 Å². The first-order chi connectivity index (χ1) is 10.3. The quantitative estimate of drug-likeness (QED) is 0.433. The Kier molecular flexibility index (Phi) is 9.11. The number of likely N-dealkylation sites (N-methyl/N-ethyl adjacent to an activating group) is 1. The second-order valence-electron chi connectivity index (χ2n) is 5.44. The molecule has 3 nitrogen and oxygen atoms in total. The number of hydrogen-bond acceptors (Lipinski definition) is 2. The van der Waals surface area contributed by atoms with Crippen molar-refractivity contribution in [2.75, 3.05) is 13.6 Å². The lowest BCUT2D eigenvalue weighted by atomic mass is 10.1. The van der Waals surface area contributed by atoms with E-state index in [1.54, 1.807) is 20.9 Å². The van der Waals surface area contributed by atoms with E-state index in [1.165, 1.54) is 0 Å². The lowest BCUT2D eigenvalue weighted by Gasteiger charge is -2.32. The summed E-state index contributed by atoms with van der Waals surface area (Å²) in [6, 6.07) is 0. The van der Waals surface area contributed by atoms with E-state index in [2.05, 4.69) is 11.6 Å². The van der Waals surface area contributed by atoms with E-state index in [9.17, 15) is 5.11 Å². The van der Waals surface area contributed by atoms with Gasteiger partial charge in [-0.2, -0.15) is 0 Å².